The van der Waals surface area contributed by atoms with Crippen molar-refractivity contribution in [3.05, 3.63) is 34.3 Å². The summed E-state index contributed by atoms with van der Waals surface area (Å²) < 4.78 is 0. The van der Waals surface area contributed by atoms with E-state index in [9.17, 15) is 14.4 Å². The number of amides is 2. The molecule has 1 unspecified atom stereocenters. The van der Waals surface area contributed by atoms with E-state index in [1.165, 1.54) is 6.07 Å². The zero-order valence-corrected chi connectivity index (χ0v) is 11.6. The predicted molar refractivity (Wildman–Crippen MR) is 73.5 cm³/mol. The second-order valence-corrected chi connectivity index (χ2v) is 4.68. The Morgan fingerprint density at radius 3 is 2.60 bits per heavy atom. The molecule has 0 saturated carbocycles. The lowest BCUT2D eigenvalue weighted by molar-refractivity contribution is -0.139. The minimum Gasteiger partial charge on any atom is -0.480 e. The molecule has 108 valence electrons. The Bertz CT molecular complexity index is 545. The Labute approximate surface area is 120 Å². The maximum absolute atomic E-state index is 12.0. The topological polar surface area (TPSA) is 109 Å². The Morgan fingerprint density at radius 1 is 1.40 bits per heavy atom. The quantitative estimate of drug-likeness (QED) is 0.730. The van der Waals surface area contributed by atoms with Crippen LogP contribution in [0.15, 0.2) is 18.2 Å². The molecule has 0 bridgehead atoms. The van der Waals surface area contributed by atoms with E-state index >= 15 is 0 Å². The molecular formula is C13H15ClN2O4. The molecule has 0 aliphatic heterocycles. The number of hydrogen-bond acceptors (Lipinski definition) is 3. The van der Waals surface area contributed by atoms with Crippen molar-refractivity contribution in [2.24, 2.45) is 5.73 Å². The van der Waals surface area contributed by atoms with Crippen LogP contribution >= 0.6 is 11.6 Å². The average molecular weight is 299 g/mol. The average Bonchev–Trinajstić information content (AvgIpc) is 2.36. The van der Waals surface area contributed by atoms with E-state index in [0.717, 1.165) is 0 Å². The third-order valence-electron chi connectivity index (χ3n) is 2.72. The highest BCUT2D eigenvalue weighted by Gasteiger charge is 2.22. The van der Waals surface area contributed by atoms with Crippen LogP contribution in [0, 0.1) is 6.92 Å². The predicted octanol–water partition coefficient (Wildman–Crippen LogP) is 1.10. The van der Waals surface area contributed by atoms with Gasteiger partial charge in [0.25, 0.3) is 5.91 Å². The molecule has 6 nitrogen and oxygen atoms in total. The molecule has 2 amide bonds. The summed E-state index contributed by atoms with van der Waals surface area (Å²) in [6.45, 7) is 1.74. The SMILES string of the molecule is Cc1cccc(C(=O)NC(CCC(N)=O)C(=O)O)c1Cl. The van der Waals surface area contributed by atoms with Crippen molar-refractivity contribution in [3.63, 3.8) is 0 Å². The lowest BCUT2D eigenvalue weighted by atomic mass is 10.1. The van der Waals surface area contributed by atoms with E-state index < -0.39 is 23.8 Å². The molecule has 0 aliphatic carbocycles. The number of primary amides is 1. The van der Waals surface area contributed by atoms with Crippen molar-refractivity contribution in [2.75, 3.05) is 0 Å². The Hall–Kier alpha value is -2.08. The lowest BCUT2D eigenvalue weighted by Gasteiger charge is -2.14. The summed E-state index contributed by atoms with van der Waals surface area (Å²) in [7, 11) is 0. The summed E-state index contributed by atoms with van der Waals surface area (Å²) in [5.74, 6) is -2.46. The fraction of sp³-hybridized carbons (Fsp3) is 0.308. The number of halogens is 1. The normalized spacial score (nSPS) is 11.7. The maximum atomic E-state index is 12.0. The smallest absolute Gasteiger partial charge is 0.326 e. The highest BCUT2D eigenvalue weighted by molar-refractivity contribution is 6.34. The molecule has 0 aromatic heterocycles. The first-order chi connectivity index (χ1) is 9.32. The van der Waals surface area contributed by atoms with E-state index in [1.54, 1.807) is 19.1 Å². The van der Waals surface area contributed by atoms with Crippen molar-refractivity contribution in [2.45, 2.75) is 25.8 Å². The monoisotopic (exact) mass is 298 g/mol. The molecular weight excluding hydrogens is 284 g/mol. The number of hydrogen-bond donors (Lipinski definition) is 3. The molecule has 20 heavy (non-hydrogen) atoms. The first-order valence-electron chi connectivity index (χ1n) is 5.90. The molecule has 4 N–H and O–H groups in total. The number of nitrogens with two attached hydrogens (primary N) is 1. The fourth-order valence-corrected chi connectivity index (χ4v) is 1.81. The molecule has 1 rings (SSSR count). The molecule has 0 radical (unpaired) electrons. The van der Waals surface area contributed by atoms with Gasteiger partial charge in [-0.1, -0.05) is 23.7 Å². The molecule has 1 aromatic rings. The van der Waals surface area contributed by atoms with E-state index in [0.29, 0.717) is 5.56 Å². The van der Waals surface area contributed by atoms with Gasteiger partial charge in [-0.3, -0.25) is 9.59 Å². The fourth-order valence-electron chi connectivity index (χ4n) is 1.60. The van der Waals surface area contributed by atoms with Crippen LogP contribution in [0.3, 0.4) is 0 Å². The summed E-state index contributed by atoms with van der Waals surface area (Å²) >= 11 is 6.00. The first-order valence-corrected chi connectivity index (χ1v) is 6.27. The molecule has 1 aromatic carbocycles. The van der Waals surface area contributed by atoms with Gasteiger partial charge in [0.2, 0.25) is 5.91 Å². The van der Waals surface area contributed by atoms with E-state index in [2.05, 4.69) is 5.32 Å². The minimum atomic E-state index is -1.23. The first kappa shape index (κ1) is 16.0. The number of aryl methyl sites for hydroxylation is 1. The van der Waals surface area contributed by atoms with Crippen molar-refractivity contribution in [1.29, 1.82) is 0 Å². The van der Waals surface area contributed by atoms with Gasteiger partial charge in [0.05, 0.1) is 10.6 Å². The largest absolute Gasteiger partial charge is 0.480 e. The summed E-state index contributed by atoms with van der Waals surface area (Å²) in [4.78, 5) is 33.7. The van der Waals surface area contributed by atoms with Crippen LogP contribution < -0.4 is 11.1 Å². The highest BCUT2D eigenvalue weighted by Crippen LogP contribution is 2.20. The summed E-state index contributed by atoms with van der Waals surface area (Å²) in [5.41, 5.74) is 5.86. The number of nitrogens with one attached hydrogen (secondary N) is 1. The standard InChI is InChI=1S/C13H15ClN2O4/c1-7-3-2-4-8(11(7)14)12(18)16-9(13(19)20)5-6-10(15)17/h2-4,9H,5-6H2,1H3,(H2,15,17)(H,16,18)(H,19,20). The van der Waals surface area contributed by atoms with Crippen LogP contribution in [0.1, 0.15) is 28.8 Å². The van der Waals surface area contributed by atoms with Gasteiger partial charge in [0.1, 0.15) is 6.04 Å². The van der Waals surface area contributed by atoms with Crippen LogP contribution in [0.2, 0.25) is 5.02 Å². The van der Waals surface area contributed by atoms with Gasteiger partial charge in [-0.25, -0.2) is 4.79 Å². The highest BCUT2D eigenvalue weighted by atomic mass is 35.5. The molecule has 0 aliphatic rings. The zero-order valence-electron chi connectivity index (χ0n) is 10.9. The van der Waals surface area contributed by atoms with Gasteiger partial charge in [0, 0.05) is 6.42 Å². The number of carbonyl (C=O) groups excluding carboxylic acids is 2. The number of benzene rings is 1. The van der Waals surface area contributed by atoms with Crippen LogP contribution in [0.4, 0.5) is 0 Å². The molecule has 0 spiro atoms. The van der Waals surface area contributed by atoms with Crippen LogP contribution in [0.5, 0.6) is 0 Å². The minimum absolute atomic E-state index is 0.0696. The van der Waals surface area contributed by atoms with Gasteiger partial charge in [-0.2, -0.15) is 0 Å². The van der Waals surface area contributed by atoms with Crippen molar-refractivity contribution in [1.82, 2.24) is 5.32 Å². The zero-order chi connectivity index (χ0) is 15.3. The van der Waals surface area contributed by atoms with Crippen molar-refractivity contribution < 1.29 is 19.5 Å². The van der Waals surface area contributed by atoms with Gasteiger partial charge in [-0.05, 0) is 25.0 Å². The van der Waals surface area contributed by atoms with Gasteiger partial charge in [0.15, 0.2) is 0 Å². The van der Waals surface area contributed by atoms with Gasteiger partial charge >= 0.3 is 5.97 Å². The lowest BCUT2D eigenvalue weighted by Crippen LogP contribution is -2.41. The van der Waals surface area contributed by atoms with E-state index in [-0.39, 0.29) is 23.4 Å². The number of carboxylic acid groups (broad SMARTS) is 1. The van der Waals surface area contributed by atoms with Gasteiger partial charge in [-0.15, -0.1) is 0 Å². The molecule has 7 heteroatoms. The second kappa shape index (κ2) is 6.91. The number of rotatable bonds is 6. The van der Waals surface area contributed by atoms with Crippen LogP contribution in [-0.2, 0) is 9.59 Å². The van der Waals surface area contributed by atoms with E-state index in [1.807, 2.05) is 0 Å². The Kier molecular flexibility index (Phi) is 5.52. The number of carboxylic acids is 1. The number of carbonyl (C=O) groups is 3. The van der Waals surface area contributed by atoms with Gasteiger partial charge < -0.3 is 16.2 Å². The number of aliphatic carboxylic acids is 1. The molecule has 0 fully saturated rings. The summed E-state index contributed by atoms with van der Waals surface area (Å²) in [5, 5.41) is 11.6. The maximum Gasteiger partial charge on any atom is 0.326 e. The molecule has 0 heterocycles. The van der Waals surface area contributed by atoms with Crippen LogP contribution in [0.25, 0.3) is 0 Å². The Morgan fingerprint density at radius 2 is 2.05 bits per heavy atom. The summed E-state index contributed by atoms with van der Waals surface area (Å²) in [6.07, 6.45) is -0.196. The molecule has 0 saturated heterocycles. The molecule has 1 atom stereocenters. The second-order valence-electron chi connectivity index (χ2n) is 4.31. The van der Waals surface area contributed by atoms with E-state index in [4.69, 9.17) is 22.4 Å². The van der Waals surface area contributed by atoms with Crippen molar-refractivity contribution >= 4 is 29.4 Å². The Balaban J connectivity index is 2.83. The third kappa shape index (κ3) is 4.24. The van der Waals surface area contributed by atoms with Crippen LogP contribution in [-0.4, -0.2) is 28.9 Å². The van der Waals surface area contributed by atoms with Crippen molar-refractivity contribution in [3.8, 4) is 0 Å². The third-order valence-corrected chi connectivity index (χ3v) is 3.22. The summed E-state index contributed by atoms with van der Waals surface area (Å²) in [6, 6.07) is 3.69.